The third-order valence-electron chi connectivity index (χ3n) is 3.47. The molecule has 3 aromatic carbocycles. The molecule has 106 valence electrons. The second kappa shape index (κ2) is 6.23. The minimum absolute atomic E-state index is 0.443. The van der Waals surface area contributed by atoms with Crippen LogP contribution < -0.4 is 0 Å². The summed E-state index contributed by atoms with van der Waals surface area (Å²) in [6.07, 6.45) is 1.88. The molecule has 0 atom stereocenters. The highest BCUT2D eigenvalue weighted by Gasteiger charge is 2.06. The van der Waals surface area contributed by atoms with Gasteiger partial charge in [-0.2, -0.15) is 5.26 Å². The lowest BCUT2D eigenvalue weighted by molar-refractivity contribution is 1.52. The van der Waals surface area contributed by atoms with Gasteiger partial charge in [-0.05, 0) is 40.1 Å². The normalized spacial score (nSPS) is 11.4. The Balaban J connectivity index is 2.15. The van der Waals surface area contributed by atoms with Crippen molar-refractivity contribution in [2.75, 3.05) is 0 Å². The Morgan fingerprint density at radius 2 is 1.68 bits per heavy atom. The first kappa shape index (κ1) is 14.7. The quantitative estimate of drug-likeness (QED) is 0.406. The summed E-state index contributed by atoms with van der Waals surface area (Å²) in [4.78, 5) is 0. The van der Waals surface area contributed by atoms with E-state index in [1.165, 1.54) is 0 Å². The maximum Gasteiger partial charge on any atom is 0.0998 e. The number of nitriles is 1. The molecule has 0 N–H and O–H groups in total. The molecule has 0 saturated carbocycles. The smallest absolute Gasteiger partial charge is 0.0998 e. The van der Waals surface area contributed by atoms with Crippen LogP contribution in [0.2, 0.25) is 10.0 Å². The molecule has 0 spiro atoms. The number of hydrogen-bond donors (Lipinski definition) is 0. The van der Waals surface area contributed by atoms with Gasteiger partial charge in [0.15, 0.2) is 0 Å². The van der Waals surface area contributed by atoms with E-state index < -0.39 is 0 Å². The highest BCUT2D eigenvalue weighted by Crippen LogP contribution is 2.28. The van der Waals surface area contributed by atoms with E-state index in [0.29, 0.717) is 15.6 Å². The van der Waals surface area contributed by atoms with Gasteiger partial charge in [0.1, 0.15) is 0 Å². The van der Waals surface area contributed by atoms with Crippen LogP contribution in [0.4, 0.5) is 0 Å². The van der Waals surface area contributed by atoms with Gasteiger partial charge in [-0.25, -0.2) is 0 Å². The van der Waals surface area contributed by atoms with Crippen LogP contribution in [0, 0.1) is 11.3 Å². The number of nitrogens with zero attached hydrogens (tertiary/aromatic N) is 1. The standard InChI is InChI=1S/C19H11Cl2N/c20-18-9-8-14(11-19(18)21)16(12-22)10-15-6-3-5-13-4-1-2-7-17(13)15/h1-11H/b16-10+. The second-order valence-electron chi connectivity index (χ2n) is 4.87. The van der Waals surface area contributed by atoms with E-state index in [1.807, 2.05) is 36.4 Å². The average Bonchev–Trinajstić information content (AvgIpc) is 2.55. The Morgan fingerprint density at radius 1 is 0.909 bits per heavy atom. The summed E-state index contributed by atoms with van der Waals surface area (Å²) in [7, 11) is 0. The van der Waals surface area contributed by atoms with Gasteiger partial charge in [0, 0.05) is 0 Å². The summed E-state index contributed by atoms with van der Waals surface area (Å²) in [5, 5.41) is 12.7. The molecule has 1 nitrogen and oxygen atoms in total. The van der Waals surface area contributed by atoms with Crippen LogP contribution >= 0.6 is 23.2 Å². The second-order valence-corrected chi connectivity index (χ2v) is 5.68. The lowest BCUT2D eigenvalue weighted by Gasteiger charge is -2.05. The summed E-state index contributed by atoms with van der Waals surface area (Å²) in [5.41, 5.74) is 2.31. The van der Waals surface area contributed by atoms with Crippen molar-refractivity contribution < 1.29 is 0 Å². The number of halogens is 2. The predicted molar refractivity (Wildman–Crippen MR) is 93.9 cm³/mol. The average molecular weight is 324 g/mol. The van der Waals surface area contributed by atoms with Crippen molar-refractivity contribution in [2.24, 2.45) is 0 Å². The maximum absolute atomic E-state index is 9.48. The number of benzene rings is 3. The summed E-state index contributed by atoms with van der Waals surface area (Å²) in [6.45, 7) is 0. The first-order valence-electron chi connectivity index (χ1n) is 6.74. The van der Waals surface area contributed by atoms with Crippen molar-refractivity contribution >= 4 is 45.6 Å². The van der Waals surface area contributed by atoms with Crippen molar-refractivity contribution in [2.45, 2.75) is 0 Å². The largest absolute Gasteiger partial charge is 0.192 e. The summed E-state index contributed by atoms with van der Waals surface area (Å²) in [5.74, 6) is 0. The fourth-order valence-electron chi connectivity index (χ4n) is 2.38. The van der Waals surface area contributed by atoms with Gasteiger partial charge in [0.05, 0.1) is 21.7 Å². The van der Waals surface area contributed by atoms with Crippen molar-refractivity contribution in [1.29, 1.82) is 5.26 Å². The van der Waals surface area contributed by atoms with E-state index in [2.05, 4.69) is 18.2 Å². The van der Waals surface area contributed by atoms with Crippen LogP contribution in [0.25, 0.3) is 22.4 Å². The molecule has 0 aliphatic carbocycles. The monoisotopic (exact) mass is 323 g/mol. The van der Waals surface area contributed by atoms with Crippen molar-refractivity contribution in [1.82, 2.24) is 0 Å². The molecule has 0 amide bonds. The van der Waals surface area contributed by atoms with Crippen LogP contribution in [0.5, 0.6) is 0 Å². The van der Waals surface area contributed by atoms with Crippen LogP contribution in [-0.2, 0) is 0 Å². The Labute approximate surface area is 139 Å². The highest BCUT2D eigenvalue weighted by atomic mass is 35.5. The fraction of sp³-hybridized carbons (Fsp3) is 0. The zero-order chi connectivity index (χ0) is 15.5. The van der Waals surface area contributed by atoms with E-state index >= 15 is 0 Å². The zero-order valence-corrected chi connectivity index (χ0v) is 13.1. The molecule has 0 aromatic heterocycles. The fourth-order valence-corrected chi connectivity index (χ4v) is 2.67. The van der Waals surface area contributed by atoms with Crippen LogP contribution in [0.3, 0.4) is 0 Å². The topological polar surface area (TPSA) is 23.8 Å². The van der Waals surface area contributed by atoms with Gasteiger partial charge in [-0.1, -0.05) is 71.7 Å². The van der Waals surface area contributed by atoms with Gasteiger partial charge in [0.2, 0.25) is 0 Å². The molecule has 0 aliphatic heterocycles. The Kier molecular flexibility index (Phi) is 4.15. The van der Waals surface area contributed by atoms with E-state index in [0.717, 1.165) is 21.9 Å². The third-order valence-corrected chi connectivity index (χ3v) is 4.21. The molecular weight excluding hydrogens is 313 g/mol. The maximum atomic E-state index is 9.48. The number of fused-ring (bicyclic) bond motifs is 1. The lowest BCUT2D eigenvalue weighted by atomic mass is 9.99. The molecule has 0 aliphatic rings. The third kappa shape index (κ3) is 2.85. The van der Waals surface area contributed by atoms with Crippen LogP contribution in [-0.4, -0.2) is 0 Å². The number of hydrogen-bond acceptors (Lipinski definition) is 1. The minimum atomic E-state index is 0.443. The van der Waals surface area contributed by atoms with E-state index in [4.69, 9.17) is 23.2 Å². The van der Waals surface area contributed by atoms with Crippen molar-refractivity contribution in [3.63, 3.8) is 0 Å². The molecular formula is C19H11Cl2N. The SMILES string of the molecule is N#C/C(=C\c1cccc2ccccc12)c1ccc(Cl)c(Cl)c1. The van der Waals surface area contributed by atoms with Gasteiger partial charge in [-0.3, -0.25) is 0 Å². The minimum Gasteiger partial charge on any atom is -0.192 e. The van der Waals surface area contributed by atoms with E-state index in [-0.39, 0.29) is 0 Å². The molecule has 3 rings (SSSR count). The van der Waals surface area contributed by atoms with E-state index in [1.54, 1.807) is 18.2 Å². The molecule has 0 bridgehead atoms. The lowest BCUT2D eigenvalue weighted by Crippen LogP contribution is -1.84. The molecule has 3 heteroatoms. The van der Waals surface area contributed by atoms with Gasteiger partial charge >= 0.3 is 0 Å². The Morgan fingerprint density at radius 3 is 2.45 bits per heavy atom. The summed E-state index contributed by atoms with van der Waals surface area (Å²) < 4.78 is 0. The summed E-state index contributed by atoms with van der Waals surface area (Å²) in [6, 6.07) is 21.6. The molecule has 3 aromatic rings. The Bertz CT molecular complexity index is 915. The highest BCUT2D eigenvalue weighted by molar-refractivity contribution is 6.42. The molecule has 0 heterocycles. The van der Waals surface area contributed by atoms with Crippen LogP contribution in [0.15, 0.2) is 60.7 Å². The van der Waals surface area contributed by atoms with Crippen LogP contribution in [0.1, 0.15) is 11.1 Å². The van der Waals surface area contributed by atoms with E-state index in [9.17, 15) is 5.26 Å². The van der Waals surface area contributed by atoms with Crippen molar-refractivity contribution in [3.8, 4) is 6.07 Å². The molecule has 0 fully saturated rings. The molecule has 0 unspecified atom stereocenters. The molecule has 0 saturated heterocycles. The van der Waals surface area contributed by atoms with Crippen molar-refractivity contribution in [3.05, 3.63) is 81.8 Å². The first-order chi connectivity index (χ1) is 10.7. The molecule has 22 heavy (non-hydrogen) atoms. The number of allylic oxidation sites excluding steroid dienone is 1. The van der Waals surface area contributed by atoms with Gasteiger partial charge < -0.3 is 0 Å². The molecule has 0 radical (unpaired) electrons. The van der Waals surface area contributed by atoms with Gasteiger partial charge in [0.25, 0.3) is 0 Å². The first-order valence-corrected chi connectivity index (χ1v) is 7.49. The summed E-state index contributed by atoms with van der Waals surface area (Å²) >= 11 is 12.0. The number of rotatable bonds is 2. The van der Waals surface area contributed by atoms with Gasteiger partial charge in [-0.15, -0.1) is 0 Å². The predicted octanol–water partition coefficient (Wildman–Crippen LogP) is 6.21. The Hall–Kier alpha value is -2.27. The zero-order valence-electron chi connectivity index (χ0n) is 11.6.